The Labute approximate surface area is 173 Å². The molecule has 1 heterocycles. The van der Waals surface area contributed by atoms with Gasteiger partial charge in [-0.2, -0.15) is 0 Å². The van der Waals surface area contributed by atoms with Gasteiger partial charge in [-0.3, -0.25) is 4.90 Å². The van der Waals surface area contributed by atoms with Crippen LogP contribution in [0.15, 0.2) is 30.5 Å². The molecule has 2 rings (SSSR count). The number of alkyl halides is 1. The van der Waals surface area contributed by atoms with E-state index in [0.717, 1.165) is 14.8 Å². The number of nitrogens with zero attached hydrogens (tertiary/aromatic N) is 2. The number of ether oxygens (including phenoxy) is 1. The van der Waals surface area contributed by atoms with Crippen LogP contribution in [-0.4, -0.2) is 38.8 Å². The summed E-state index contributed by atoms with van der Waals surface area (Å²) >= 11 is 2.25. The van der Waals surface area contributed by atoms with Gasteiger partial charge in [0.15, 0.2) is 0 Å². The highest BCUT2D eigenvalue weighted by Gasteiger charge is 2.33. The molecule has 0 saturated heterocycles. The van der Waals surface area contributed by atoms with E-state index in [4.69, 9.17) is 4.74 Å². The summed E-state index contributed by atoms with van der Waals surface area (Å²) in [7, 11) is 0. The van der Waals surface area contributed by atoms with Crippen molar-refractivity contribution in [2.75, 3.05) is 6.54 Å². The van der Waals surface area contributed by atoms with Gasteiger partial charge < -0.3 is 9.72 Å². The van der Waals surface area contributed by atoms with Gasteiger partial charge in [-0.25, -0.2) is 14.2 Å². The fourth-order valence-corrected chi connectivity index (χ4v) is 2.92. The summed E-state index contributed by atoms with van der Waals surface area (Å²) < 4.78 is 21.0. The minimum atomic E-state index is -1.56. The molecule has 0 saturated carbocycles. The molecule has 0 aliphatic rings. The molecular weight excluding hydrogens is 460 g/mol. The van der Waals surface area contributed by atoms with Gasteiger partial charge in [-0.05, 0) is 81.8 Å². The van der Waals surface area contributed by atoms with Crippen molar-refractivity contribution < 1.29 is 13.9 Å². The second-order valence-electron chi connectivity index (χ2n) is 8.19. The van der Waals surface area contributed by atoms with Crippen LogP contribution >= 0.6 is 22.6 Å². The number of halogens is 2. The van der Waals surface area contributed by atoms with Gasteiger partial charge in [0, 0.05) is 3.57 Å². The summed E-state index contributed by atoms with van der Waals surface area (Å²) in [5.41, 5.74) is -0.380. The summed E-state index contributed by atoms with van der Waals surface area (Å²) in [4.78, 5) is 21.7. The lowest BCUT2D eigenvalue weighted by Gasteiger charge is -2.33. The quantitative estimate of drug-likeness (QED) is 0.549. The highest BCUT2D eigenvalue weighted by Crippen LogP contribution is 2.26. The van der Waals surface area contributed by atoms with Gasteiger partial charge in [0.25, 0.3) is 0 Å². The largest absolute Gasteiger partial charge is 0.444 e. The predicted molar refractivity (Wildman–Crippen MR) is 113 cm³/mol. The molecule has 27 heavy (non-hydrogen) atoms. The lowest BCUT2D eigenvalue weighted by molar-refractivity contribution is 0.00383. The molecule has 7 heteroatoms. The van der Waals surface area contributed by atoms with Crippen molar-refractivity contribution in [3.63, 3.8) is 0 Å². The number of benzene rings is 1. The fraction of sp³-hybridized carbons (Fsp3) is 0.500. The molecule has 148 valence electrons. The van der Waals surface area contributed by atoms with Crippen molar-refractivity contribution in [2.24, 2.45) is 0 Å². The summed E-state index contributed by atoms with van der Waals surface area (Å²) in [6.45, 7) is 9.96. The highest BCUT2D eigenvalue weighted by atomic mass is 127. The molecule has 0 fully saturated rings. The first-order valence-electron chi connectivity index (χ1n) is 8.85. The zero-order valence-corrected chi connectivity index (χ0v) is 18.8. The third-order valence-electron chi connectivity index (χ3n) is 3.79. The standard InChI is InChI=1S/C20H27FIN3O2/c1-13(25(12-20(5,6)21)18(26)27-19(2,3)4)17-23-11-16(24-17)14-7-9-15(22)10-8-14/h7-11,13H,12H2,1-6H3,(H,23,24)/t13-/m0/s1. The van der Waals surface area contributed by atoms with E-state index < -0.39 is 23.4 Å². The van der Waals surface area contributed by atoms with Gasteiger partial charge in [-0.15, -0.1) is 0 Å². The van der Waals surface area contributed by atoms with E-state index in [1.165, 1.54) is 18.7 Å². The molecule has 0 aliphatic carbocycles. The zero-order valence-electron chi connectivity index (χ0n) is 16.6. The van der Waals surface area contributed by atoms with Gasteiger partial charge in [-0.1, -0.05) is 12.1 Å². The van der Waals surface area contributed by atoms with Crippen molar-refractivity contribution in [3.05, 3.63) is 39.9 Å². The third kappa shape index (κ3) is 6.48. The Kier molecular flexibility index (Phi) is 6.55. The number of carbonyl (C=O) groups excluding carboxylic acids is 1. The number of amides is 1. The van der Waals surface area contributed by atoms with E-state index in [9.17, 15) is 9.18 Å². The number of hydrogen-bond donors (Lipinski definition) is 1. The number of hydrogen-bond acceptors (Lipinski definition) is 3. The van der Waals surface area contributed by atoms with Crippen LogP contribution in [0.4, 0.5) is 9.18 Å². The van der Waals surface area contributed by atoms with Gasteiger partial charge >= 0.3 is 6.09 Å². The lowest BCUT2D eigenvalue weighted by Crippen LogP contribution is -2.44. The van der Waals surface area contributed by atoms with E-state index in [0.29, 0.717) is 5.82 Å². The van der Waals surface area contributed by atoms with Crippen molar-refractivity contribution >= 4 is 28.7 Å². The maximum Gasteiger partial charge on any atom is 0.411 e. The van der Waals surface area contributed by atoms with Gasteiger partial charge in [0.1, 0.15) is 17.1 Å². The summed E-state index contributed by atoms with van der Waals surface area (Å²) in [5.74, 6) is 0.582. The van der Waals surface area contributed by atoms with E-state index in [-0.39, 0.29) is 6.54 Å². The summed E-state index contributed by atoms with van der Waals surface area (Å²) in [5, 5.41) is 0. The average molecular weight is 487 g/mol. The molecular formula is C20H27FIN3O2. The van der Waals surface area contributed by atoms with Crippen molar-refractivity contribution in [1.29, 1.82) is 0 Å². The van der Waals surface area contributed by atoms with E-state index in [1.54, 1.807) is 27.0 Å². The number of aromatic amines is 1. The van der Waals surface area contributed by atoms with Crippen LogP contribution in [0.2, 0.25) is 0 Å². The Morgan fingerprint density at radius 3 is 2.37 bits per heavy atom. The summed E-state index contributed by atoms with van der Waals surface area (Å²) in [6, 6.07) is 7.56. The maximum absolute atomic E-state index is 14.3. The molecule has 0 bridgehead atoms. The molecule has 1 amide bonds. The Hall–Kier alpha value is -1.64. The maximum atomic E-state index is 14.3. The SMILES string of the molecule is C[C@@H](c1ncc(-c2ccc(I)cc2)[nH]1)N(CC(C)(C)F)C(=O)OC(C)(C)C. The number of imidazole rings is 1. The molecule has 2 aromatic rings. The zero-order chi connectivity index (χ0) is 20.4. The van der Waals surface area contributed by atoms with Crippen molar-refractivity contribution in [2.45, 2.75) is 58.9 Å². The number of aromatic nitrogens is 2. The number of nitrogens with one attached hydrogen (secondary N) is 1. The molecule has 1 aromatic carbocycles. The van der Waals surface area contributed by atoms with Crippen LogP contribution in [0.1, 0.15) is 53.4 Å². The molecule has 1 atom stereocenters. The molecule has 0 aliphatic heterocycles. The van der Waals surface area contributed by atoms with Crippen LogP contribution in [0.5, 0.6) is 0 Å². The van der Waals surface area contributed by atoms with Crippen LogP contribution in [0.25, 0.3) is 11.3 Å². The van der Waals surface area contributed by atoms with E-state index in [1.807, 2.05) is 31.2 Å². The van der Waals surface area contributed by atoms with Gasteiger partial charge in [0.05, 0.1) is 24.5 Å². The number of H-pyrrole nitrogens is 1. The van der Waals surface area contributed by atoms with Crippen LogP contribution in [0.3, 0.4) is 0 Å². The van der Waals surface area contributed by atoms with E-state index in [2.05, 4.69) is 32.6 Å². The van der Waals surface area contributed by atoms with Crippen LogP contribution in [-0.2, 0) is 4.74 Å². The molecule has 0 radical (unpaired) electrons. The molecule has 1 N–H and O–H groups in total. The second-order valence-corrected chi connectivity index (χ2v) is 9.44. The number of carbonyl (C=O) groups is 1. The Morgan fingerprint density at radius 2 is 1.85 bits per heavy atom. The fourth-order valence-electron chi connectivity index (χ4n) is 2.56. The smallest absolute Gasteiger partial charge is 0.411 e. The third-order valence-corrected chi connectivity index (χ3v) is 4.51. The van der Waals surface area contributed by atoms with Crippen LogP contribution in [0, 0.1) is 3.57 Å². The first-order valence-corrected chi connectivity index (χ1v) is 9.93. The Morgan fingerprint density at radius 1 is 1.26 bits per heavy atom. The minimum Gasteiger partial charge on any atom is -0.444 e. The predicted octanol–water partition coefficient (Wildman–Crippen LogP) is 5.73. The number of rotatable bonds is 5. The van der Waals surface area contributed by atoms with Crippen molar-refractivity contribution in [3.8, 4) is 11.3 Å². The molecule has 0 spiro atoms. The average Bonchev–Trinajstić information content (AvgIpc) is 3.00. The van der Waals surface area contributed by atoms with Gasteiger partial charge in [0.2, 0.25) is 0 Å². The monoisotopic (exact) mass is 487 g/mol. The molecule has 5 nitrogen and oxygen atoms in total. The van der Waals surface area contributed by atoms with Crippen molar-refractivity contribution in [1.82, 2.24) is 14.9 Å². The lowest BCUT2D eigenvalue weighted by atomic mass is 10.1. The minimum absolute atomic E-state index is 0.0946. The highest BCUT2D eigenvalue weighted by molar-refractivity contribution is 14.1. The van der Waals surface area contributed by atoms with E-state index >= 15 is 0 Å². The molecule has 0 unspecified atom stereocenters. The van der Waals surface area contributed by atoms with Crippen LogP contribution < -0.4 is 0 Å². The summed E-state index contributed by atoms with van der Waals surface area (Å²) in [6.07, 6.45) is 1.16. The molecule has 1 aromatic heterocycles. The Balaban J connectivity index is 2.27. The first-order chi connectivity index (χ1) is 12.4. The normalized spacial score (nSPS) is 13.3. The second kappa shape index (κ2) is 8.16. The Bertz CT molecular complexity index is 776. The topological polar surface area (TPSA) is 58.2 Å². The first kappa shape index (κ1) is 21.7.